The van der Waals surface area contributed by atoms with Gasteiger partial charge in [0.05, 0.1) is 30.6 Å². The number of morpholine rings is 1. The van der Waals surface area contributed by atoms with Gasteiger partial charge in [-0.3, -0.25) is 9.59 Å². The van der Waals surface area contributed by atoms with E-state index < -0.39 is 11.9 Å². The third-order valence-electron chi connectivity index (χ3n) is 4.76. The molecule has 0 radical (unpaired) electrons. The first-order valence-electron chi connectivity index (χ1n) is 7.58. The molecule has 5 nitrogen and oxygen atoms in total. The number of carboxylic acids is 1. The van der Waals surface area contributed by atoms with Crippen LogP contribution in [0.5, 0.6) is 0 Å². The Labute approximate surface area is 120 Å². The normalized spacial score (nSPS) is 38.0. The highest BCUT2D eigenvalue weighted by Gasteiger charge is 2.45. The summed E-state index contributed by atoms with van der Waals surface area (Å²) in [5.74, 6) is -1.33. The van der Waals surface area contributed by atoms with Gasteiger partial charge in [0.1, 0.15) is 0 Å². The molecule has 3 unspecified atom stereocenters. The largest absolute Gasteiger partial charge is 0.481 e. The number of nitrogens with zero attached hydrogens (tertiary/aromatic N) is 1. The summed E-state index contributed by atoms with van der Waals surface area (Å²) in [7, 11) is 0. The summed E-state index contributed by atoms with van der Waals surface area (Å²) in [6, 6.07) is 0.0359. The number of ether oxygens (including phenoxy) is 1. The zero-order chi connectivity index (χ0) is 14.9. The number of hydrogen-bond acceptors (Lipinski definition) is 3. The summed E-state index contributed by atoms with van der Waals surface area (Å²) < 4.78 is 5.54. The van der Waals surface area contributed by atoms with E-state index in [9.17, 15) is 14.7 Å². The van der Waals surface area contributed by atoms with Crippen LogP contribution in [0.15, 0.2) is 0 Å². The monoisotopic (exact) mass is 283 g/mol. The lowest BCUT2D eigenvalue weighted by atomic mass is 9.94. The van der Waals surface area contributed by atoms with Crippen molar-refractivity contribution in [2.24, 2.45) is 17.8 Å². The van der Waals surface area contributed by atoms with Gasteiger partial charge in [-0.25, -0.2) is 0 Å². The molecule has 1 saturated heterocycles. The van der Waals surface area contributed by atoms with Crippen molar-refractivity contribution in [3.63, 3.8) is 0 Å². The van der Waals surface area contributed by atoms with Gasteiger partial charge in [-0.1, -0.05) is 13.3 Å². The molecule has 1 aliphatic carbocycles. The average molecular weight is 283 g/mol. The first-order chi connectivity index (χ1) is 9.43. The lowest BCUT2D eigenvalue weighted by Gasteiger charge is -2.38. The fourth-order valence-electron chi connectivity index (χ4n) is 3.45. The Morgan fingerprint density at radius 2 is 1.90 bits per heavy atom. The van der Waals surface area contributed by atoms with Crippen LogP contribution in [0.4, 0.5) is 0 Å². The zero-order valence-electron chi connectivity index (χ0n) is 12.5. The van der Waals surface area contributed by atoms with Crippen molar-refractivity contribution in [2.75, 3.05) is 13.2 Å². The van der Waals surface area contributed by atoms with Crippen molar-refractivity contribution < 1.29 is 19.4 Å². The second kappa shape index (κ2) is 6.12. The topological polar surface area (TPSA) is 66.8 Å². The van der Waals surface area contributed by atoms with Crippen LogP contribution in [0, 0.1) is 17.8 Å². The maximum atomic E-state index is 12.7. The number of rotatable bonds is 3. The van der Waals surface area contributed by atoms with E-state index in [1.54, 1.807) is 0 Å². The smallest absolute Gasteiger partial charge is 0.307 e. The number of carboxylic acid groups (broad SMARTS) is 1. The van der Waals surface area contributed by atoms with Crippen molar-refractivity contribution in [3.05, 3.63) is 0 Å². The van der Waals surface area contributed by atoms with Crippen LogP contribution in [-0.2, 0) is 14.3 Å². The lowest BCUT2D eigenvalue weighted by Crippen LogP contribution is -2.52. The maximum Gasteiger partial charge on any atom is 0.307 e. The fraction of sp³-hybridized carbons (Fsp3) is 0.867. The van der Waals surface area contributed by atoms with E-state index in [4.69, 9.17) is 4.74 Å². The van der Waals surface area contributed by atoms with Gasteiger partial charge in [-0.15, -0.1) is 0 Å². The zero-order valence-corrected chi connectivity index (χ0v) is 12.5. The van der Waals surface area contributed by atoms with Gasteiger partial charge in [-0.05, 0) is 32.6 Å². The molecule has 5 atom stereocenters. The van der Waals surface area contributed by atoms with Crippen LogP contribution in [0.2, 0.25) is 0 Å². The SMILES string of the molecule is CCC1C[C@H](C(=O)N2CC(C)OCC2C)[C@H](C(=O)O)C1. The van der Waals surface area contributed by atoms with Gasteiger partial charge in [0.15, 0.2) is 0 Å². The molecule has 1 aliphatic heterocycles. The highest BCUT2D eigenvalue weighted by atomic mass is 16.5. The summed E-state index contributed by atoms with van der Waals surface area (Å²) in [4.78, 5) is 26.0. The van der Waals surface area contributed by atoms with E-state index in [1.807, 2.05) is 18.7 Å². The standard InChI is InChI=1S/C15H25NO4/c1-4-11-5-12(13(6-11)15(18)19)14(17)16-7-10(3)20-8-9(16)2/h9-13H,4-8H2,1-3H3,(H,18,19)/t9?,10?,11?,12-,13+/m0/s1. The molecule has 0 bridgehead atoms. The molecule has 2 fully saturated rings. The number of aliphatic carboxylic acids is 1. The molecule has 1 amide bonds. The fourth-order valence-corrected chi connectivity index (χ4v) is 3.45. The van der Waals surface area contributed by atoms with E-state index in [0.29, 0.717) is 31.9 Å². The van der Waals surface area contributed by atoms with Crippen molar-refractivity contribution in [3.8, 4) is 0 Å². The highest BCUT2D eigenvalue weighted by molar-refractivity contribution is 5.85. The molecule has 1 N–H and O–H groups in total. The van der Waals surface area contributed by atoms with Crippen LogP contribution in [0.1, 0.15) is 40.0 Å². The molecule has 2 rings (SSSR count). The Hall–Kier alpha value is -1.10. The third-order valence-corrected chi connectivity index (χ3v) is 4.76. The molecule has 2 aliphatic rings. The van der Waals surface area contributed by atoms with Crippen LogP contribution in [0.25, 0.3) is 0 Å². The maximum absolute atomic E-state index is 12.7. The van der Waals surface area contributed by atoms with Gasteiger partial charge in [0.2, 0.25) is 5.91 Å². The Morgan fingerprint density at radius 3 is 2.50 bits per heavy atom. The van der Waals surface area contributed by atoms with E-state index in [1.165, 1.54) is 0 Å². The van der Waals surface area contributed by atoms with Crippen molar-refractivity contribution in [1.29, 1.82) is 0 Å². The number of hydrogen-bond donors (Lipinski definition) is 1. The summed E-state index contributed by atoms with van der Waals surface area (Å²) in [6.07, 6.45) is 2.32. The molecule has 1 heterocycles. The predicted molar refractivity (Wildman–Crippen MR) is 74.2 cm³/mol. The highest BCUT2D eigenvalue weighted by Crippen LogP contribution is 2.39. The average Bonchev–Trinajstić information content (AvgIpc) is 2.85. The van der Waals surface area contributed by atoms with Gasteiger partial charge >= 0.3 is 5.97 Å². The molecule has 5 heteroatoms. The minimum absolute atomic E-state index is 0.0102. The summed E-state index contributed by atoms with van der Waals surface area (Å²) in [6.45, 7) is 7.08. The molecule has 0 spiro atoms. The molecule has 0 aromatic heterocycles. The predicted octanol–water partition coefficient (Wildman–Crippen LogP) is 1.76. The van der Waals surface area contributed by atoms with Crippen LogP contribution >= 0.6 is 0 Å². The first-order valence-corrected chi connectivity index (χ1v) is 7.58. The molecule has 0 aromatic rings. The molecule has 1 saturated carbocycles. The summed E-state index contributed by atoms with van der Waals surface area (Å²) in [5.41, 5.74) is 0. The molecule has 114 valence electrons. The Balaban J connectivity index is 2.11. The summed E-state index contributed by atoms with van der Waals surface area (Å²) in [5, 5.41) is 9.37. The van der Waals surface area contributed by atoms with Gasteiger partial charge in [0.25, 0.3) is 0 Å². The van der Waals surface area contributed by atoms with Crippen LogP contribution in [0.3, 0.4) is 0 Å². The van der Waals surface area contributed by atoms with E-state index in [2.05, 4.69) is 6.92 Å². The first kappa shape index (κ1) is 15.3. The molecule has 0 aromatic carbocycles. The lowest BCUT2D eigenvalue weighted by molar-refractivity contribution is -0.155. The van der Waals surface area contributed by atoms with Gasteiger partial charge in [-0.2, -0.15) is 0 Å². The van der Waals surface area contributed by atoms with Gasteiger partial charge in [0, 0.05) is 6.54 Å². The van der Waals surface area contributed by atoms with Crippen molar-refractivity contribution in [2.45, 2.75) is 52.2 Å². The Bertz CT molecular complexity index is 384. The number of carbonyl (C=O) groups excluding carboxylic acids is 1. The van der Waals surface area contributed by atoms with Gasteiger partial charge < -0.3 is 14.7 Å². The minimum atomic E-state index is -0.826. The molecular formula is C15H25NO4. The minimum Gasteiger partial charge on any atom is -0.481 e. The van der Waals surface area contributed by atoms with E-state index in [0.717, 1.165) is 6.42 Å². The van der Waals surface area contributed by atoms with Crippen LogP contribution < -0.4 is 0 Å². The number of amides is 1. The third kappa shape index (κ3) is 2.97. The van der Waals surface area contributed by atoms with E-state index in [-0.39, 0.29) is 24.0 Å². The Kier molecular flexibility index (Phi) is 4.68. The second-order valence-electron chi connectivity index (χ2n) is 6.28. The molecular weight excluding hydrogens is 258 g/mol. The summed E-state index contributed by atoms with van der Waals surface area (Å²) >= 11 is 0. The Morgan fingerprint density at radius 1 is 1.25 bits per heavy atom. The van der Waals surface area contributed by atoms with E-state index >= 15 is 0 Å². The molecule has 20 heavy (non-hydrogen) atoms. The second-order valence-corrected chi connectivity index (χ2v) is 6.28. The quantitative estimate of drug-likeness (QED) is 0.857. The van der Waals surface area contributed by atoms with Crippen LogP contribution in [-0.4, -0.2) is 47.2 Å². The van der Waals surface area contributed by atoms with Crippen molar-refractivity contribution >= 4 is 11.9 Å². The van der Waals surface area contributed by atoms with Crippen molar-refractivity contribution in [1.82, 2.24) is 4.90 Å². The number of carbonyl (C=O) groups is 2.